The van der Waals surface area contributed by atoms with Crippen molar-refractivity contribution in [2.45, 2.75) is 40.0 Å². The predicted molar refractivity (Wildman–Crippen MR) is 105 cm³/mol. The maximum Gasteiger partial charge on any atom is 0.133 e. The van der Waals surface area contributed by atoms with Crippen LogP contribution in [0.25, 0.3) is 16.9 Å². The van der Waals surface area contributed by atoms with E-state index >= 15 is 0 Å². The van der Waals surface area contributed by atoms with Gasteiger partial charge in [0.1, 0.15) is 5.82 Å². The van der Waals surface area contributed by atoms with E-state index in [-0.39, 0.29) is 0 Å². The molecule has 0 amide bonds. The Hall–Kier alpha value is -2.55. The van der Waals surface area contributed by atoms with Gasteiger partial charge in [0.25, 0.3) is 0 Å². The Bertz CT molecular complexity index is 921. The zero-order chi connectivity index (χ0) is 17.4. The van der Waals surface area contributed by atoms with Crippen LogP contribution in [0.5, 0.6) is 0 Å². The van der Waals surface area contributed by atoms with Crippen LogP contribution < -0.4 is 5.32 Å². The van der Waals surface area contributed by atoms with E-state index < -0.39 is 0 Å². The highest BCUT2D eigenvalue weighted by molar-refractivity contribution is 5.73. The minimum atomic E-state index is 1.01. The van der Waals surface area contributed by atoms with Crippen LogP contribution in [0.1, 0.15) is 35.1 Å². The van der Waals surface area contributed by atoms with Gasteiger partial charge in [-0.3, -0.25) is 0 Å². The fraction of sp³-hybridized carbons (Fsp3) is 0.318. The Morgan fingerprint density at radius 3 is 2.64 bits per heavy atom. The van der Waals surface area contributed by atoms with Gasteiger partial charge in [-0.1, -0.05) is 36.4 Å². The number of nitrogens with zero attached hydrogens (tertiary/aromatic N) is 2. The summed E-state index contributed by atoms with van der Waals surface area (Å²) in [4.78, 5) is 0. The van der Waals surface area contributed by atoms with Crippen molar-refractivity contribution in [3.63, 3.8) is 0 Å². The van der Waals surface area contributed by atoms with Gasteiger partial charge in [0.15, 0.2) is 0 Å². The molecule has 1 aliphatic rings. The lowest BCUT2D eigenvalue weighted by molar-refractivity contribution is 0.779. The van der Waals surface area contributed by atoms with Crippen LogP contribution in [0.15, 0.2) is 42.5 Å². The summed E-state index contributed by atoms with van der Waals surface area (Å²) in [7, 11) is 0. The third-order valence-electron chi connectivity index (χ3n) is 5.12. The van der Waals surface area contributed by atoms with Gasteiger partial charge >= 0.3 is 0 Å². The molecule has 0 atom stereocenters. The van der Waals surface area contributed by atoms with E-state index in [2.05, 4.69) is 73.2 Å². The second-order valence-corrected chi connectivity index (χ2v) is 7.08. The molecule has 1 aromatic heterocycles. The van der Waals surface area contributed by atoms with Crippen molar-refractivity contribution >= 4 is 5.82 Å². The number of aryl methyl sites for hydroxylation is 3. The molecule has 3 heteroatoms. The second kappa shape index (κ2) is 6.40. The van der Waals surface area contributed by atoms with Crippen LogP contribution in [0.3, 0.4) is 0 Å². The van der Waals surface area contributed by atoms with Gasteiger partial charge in [-0.05, 0) is 62.8 Å². The Morgan fingerprint density at radius 2 is 1.80 bits per heavy atom. The molecular weight excluding hydrogens is 306 g/mol. The molecule has 0 spiro atoms. The van der Waals surface area contributed by atoms with Crippen LogP contribution in [0, 0.1) is 20.8 Å². The topological polar surface area (TPSA) is 29.9 Å². The van der Waals surface area contributed by atoms with E-state index in [0.29, 0.717) is 0 Å². The van der Waals surface area contributed by atoms with Crippen LogP contribution in [-0.4, -0.2) is 16.3 Å². The van der Waals surface area contributed by atoms with E-state index in [9.17, 15) is 0 Å². The highest BCUT2D eigenvalue weighted by atomic mass is 15.3. The van der Waals surface area contributed by atoms with Gasteiger partial charge in [-0.25, -0.2) is 4.68 Å². The quantitative estimate of drug-likeness (QED) is 0.698. The lowest BCUT2D eigenvalue weighted by atomic mass is 10.00. The highest BCUT2D eigenvalue weighted by Crippen LogP contribution is 2.35. The maximum absolute atomic E-state index is 5.09. The summed E-state index contributed by atoms with van der Waals surface area (Å²) in [6.45, 7) is 7.48. The van der Waals surface area contributed by atoms with E-state index in [4.69, 9.17) is 5.10 Å². The Morgan fingerprint density at radius 1 is 0.960 bits per heavy atom. The predicted octanol–water partition coefficient (Wildman–Crippen LogP) is 5.21. The molecule has 3 aromatic rings. The molecule has 2 heterocycles. The third-order valence-corrected chi connectivity index (χ3v) is 5.12. The van der Waals surface area contributed by atoms with Crippen LogP contribution >= 0.6 is 0 Å². The summed E-state index contributed by atoms with van der Waals surface area (Å²) in [6, 6.07) is 15.1. The standard InChI is InChI=1S/C22H25N3/c1-15-11-12-17(3)20(14-15)25-22-19(10-6-7-13-23-22)21(24-25)18-9-5-4-8-16(18)2/h4-5,8-9,11-12,14,23H,6-7,10,13H2,1-3H3. The van der Waals surface area contributed by atoms with Crippen LogP contribution in [0.2, 0.25) is 0 Å². The smallest absolute Gasteiger partial charge is 0.133 e. The van der Waals surface area contributed by atoms with Gasteiger partial charge in [-0.15, -0.1) is 0 Å². The van der Waals surface area contributed by atoms with Crippen molar-refractivity contribution in [3.8, 4) is 16.9 Å². The molecule has 4 rings (SSSR count). The van der Waals surface area contributed by atoms with Crippen molar-refractivity contribution in [3.05, 3.63) is 64.7 Å². The van der Waals surface area contributed by atoms with Crippen molar-refractivity contribution in [1.82, 2.24) is 9.78 Å². The Balaban J connectivity index is 1.97. The minimum absolute atomic E-state index is 1.01. The molecule has 2 aromatic carbocycles. The van der Waals surface area contributed by atoms with E-state index in [1.54, 1.807) is 0 Å². The SMILES string of the molecule is Cc1ccc(C)c(-n2nc(-c3ccccc3C)c3c2NCCCC3)c1. The molecule has 128 valence electrons. The number of hydrogen-bond donors (Lipinski definition) is 1. The number of hydrogen-bond acceptors (Lipinski definition) is 2. The first-order valence-corrected chi connectivity index (χ1v) is 9.14. The van der Waals surface area contributed by atoms with E-state index in [1.807, 2.05) is 0 Å². The molecule has 0 radical (unpaired) electrons. The zero-order valence-corrected chi connectivity index (χ0v) is 15.3. The van der Waals surface area contributed by atoms with Crippen LogP contribution in [-0.2, 0) is 6.42 Å². The fourth-order valence-electron chi connectivity index (χ4n) is 3.68. The summed E-state index contributed by atoms with van der Waals surface area (Å²) >= 11 is 0. The second-order valence-electron chi connectivity index (χ2n) is 7.08. The molecule has 0 fully saturated rings. The highest BCUT2D eigenvalue weighted by Gasteiger charge is 2.23. The molecule has 0 unspecified atom stereocenters. The average Bonchev–Trinajstić information content (AvgIpc) is 2.79. The first kappa shape index (κ1) is 15.9. The van der Waals surface area contributed by atoms with Gasteiger partial charge in [-0.2, -0.15) is 5.10 Å². The molecule has 0 saturated heterocycles. The lowest BCUT2D eigenvalue weighted by Crippen LogP contribution is -2.08. The number of rotatable bonds is 2. The number of nitrogens with one attached hydrogen (secondary N) is 1. The largest absolute Gasteiger partial charge is 0.370 e. The van der Waals surface area contributed by atoms with E-state index in [1.165, 1.54) is 52.2 Å². The van der Waals surface area contributed by atoms with Crippen molar-refractivity contribution in [2.75, 3.05) is 11.9 Å². The molecule has 3 nitrogen and oxygen atoms in total. The van der Waals surface area contributed by atoms with Crippen LogP contribution in [0.4, 0.5) is 5.82 Å². The fourth-order valence-corrected chi connectivity index (χ4v) is 3.68. The van der Waals surface area contributed by atoms with Crippen molar-refractivity contribution in [2.24, 2.45) is 0 Å². The van der Waals surface area contributed by atoms with E-state index in [0.717, 1.165) is 18.7 Å². The Kier molecular flexibility index (Phi) is 4.08. The number of aromatic nitrogens is 2. The molecule has 0 aliphatic carbocycles. The minimum Gasteiger partial charge on any atom is -0.370 e. The molecule has 1 aliphatic heterocycles. The third kappa shape index (κ3) is 2.84. The van der Waals surface area contributed by atoms with Crippen molar-refractivity contribution < 1.29 is 0 Å². The zero-order valence-electron chi connectivity index (χ0n) is 15.3. The molecular formula is C22H25N3. The first-order valence-electron chi connectivity index (χ1n) is 9.14. The van der Waals surface area contributed by atoms with Gasteiger partial charge in [0.2, 0.25) is 0 Å². The summed E-state index contributed by atoms with van der Waals surface area (Å²) in [5.74, 6) is 1.17. The molecule has 1 N–H and O–H groups in total. The van der Waals surface area contributed by atoms with Crippen molar-refractivity contribution in [1.29, 1.82) is 0 Å². The first-order chi connectivity index (χ1) is 12.1. The number of anilines is 1. The number of fused-ring (bicyclic) bond motifs is 1. The summed E-state index contributed by atoms with van der Waals surface area (Å²) < 4.78 is 2.13. The summed E-state index contributed by atoms with van der Waals surface area (Å²) in [5, 5.41) is 8.74. The summed E-state index contributed by atoms with van der Waals surface area (Å²) in [5.41, 5.74) is 8.68. The molecule has 25 heavy (non-hydrogen) atoms. The molecule has 0 bridgehead atoms. The van der Waals surface area contributed by atoms with Gasteiger partial charge < -0.3 is 5.32 Å². The lowest BCUT2D eigenvalue weighted by Gasteiger charge is -2.12. The Labute approximate surface area is 149 Å². The monoisotopic (exact) mass is 331 g/mol. The average molecular weight is 331 g/mol. The normalized spacial score (nSPS) is 13.9. The maximum atomic E-state index is 5.09. The molecule has 0 saturated carbocycles. The van der Waals surface area contributed by atoms with Gasteiger partial charge in [0, 0.05) is 17.7 Å². The summed E-state index contributed by atoms with van der Waals surface area (Å²) in [6.07, 6.45) is 3.49. The number of benzene rings is 2. The van der Waals surface area contributed by atoms with Gasteiger partial charge in [0.05, 0.1) is 11.4 Å².